The number of carbonyl (C=O) groups is 1. The summed E-state index contributed by atoms with van der Waals surface area (Å²) in [5, 5.41) is 0. The van der Waals surface area contributed by atoms with E-state index in [0.717, 1.165) is 100 Å². The number of nitrogens with one attached hydrogen (secondary N) is 2. The van der Waals surface area contributed by atoms with Crippen LogP contribution in [0.2, 0.25) is 0 Å². The molecule has 2 aliphatic rings. The first kappa shape index (κ1) is 38.3. The van der Waals surface area contributed by atoms with Gasteiger partial charge in [0.1, 0.15) is 0 Å². The maximum absolute atomic E-state index is 13.3. The van der Waals surface area contributed by atoms with E-state index in [0.29, 0.717) is 11.1 Å². The van der Waals surface area contributed by atoms with Gasteiger partial charge in [0.25, 0.3) is 0 Å². The molecule has 6 aromatic carbocycles. The number of rotatable bonds is 8. The molecule has 2 N–H and O–H groups in total. The van der Waals surface area contributed by atoms with Gasteiger partial charge in [0.05, 0.1) is 28.3 Å². The van der Waals surface area contributed by atoms with Crippen LogP contribution in [0.15, 0.2) is 194 Å². The highest BCUT2D eigenvalue weighted by Gasteiger charge is 2.20. The van der Waals surface area contributed by atoms with E-state index in [1.165, 1.54) is 0 Å². The molecule has 3 aromatic heterocycles. The third-order valence-electron chi connectivity index (χ3n) is 11.8. The summed E-state index contributed by atoms with van der Waals surface area (Å²) < 4.78 is 0. The van der Waals surface area contributed by atoms with Crippen molar-refractivity contribution in [3.63, 3.8) is 0 Å². The van der Waals surface area contributed by atoms with Crippen LogP contribution in [0, 0.1) is 0 Å². The van der Waals surface area contributed by atoms with Crippen LogP contribution in [-0.2, 0) is 0 Å². The molecule has 11 rings (SSSR count). The summed E-state index contributed by atoms with van der Waals surface area (Å²) in [4.78, 5) is 32.0. The molecule has 8 bridgehead atoms. The summed E-state index contributed by atoms with van der Waals surface area (Å²) in [5.74, 6) is -0.00114. The number of fused-ring (bicyclic) bond motifs is 8. The zero-order chi connectivity index (χ0) is 42.8. The van der Waals surface area contributed by atoms with Gasteiger partial charge >= 0.3 is 0 Å². The zero-order valence-electron chi connectivity index (χ0n) is 34.7. The molecule has 0 radical (unpaired) electrons. The second-order valence-corrected chi connectivity index (χ2v) is 15.8. The lowest BCUT2D eigenvalue weighted by molar-refractivity contribution is 0.103. The van der Waals surface area contributed by atoms with Crippen molar-refractivity contribution in [3.8, 4) is 44.5 Å². The topological polar surface area (TPSA) is 74.4 Å². The van der Waals surface area contributed by atoms with E-state index in [1.807, 2.05) is 78.9 Å². The first-order valence-electron chi connectivity index (χ1n) is 21.4. The number of aromatic nitrogens is 4. The first-order chi connectivity index (χ1) is 31.6. The largest absolute Gasteiger partial charge is 0.354 e. The highest BCUT2D eigenvalue weighted by atomic mass is 16.1. The molecular formula is C59H40N4O. The molecule has 0 spiro atoms. The number of benzene rings is 6. The van der Waals surface area contributed by atoms with Gasteiger partial charge in [0.2, 0.25) is 0 Å². The minimum Gasteiger partial charge on any atom is -0.354 e. The number of H-pyrrole nitrogens is 2. The van der Waals surface area contributed by atoms with E-state index in [1.54, 1.807) is 0 Å². The predicted molar refractivity (Wildman–Crippen MR) is 266 cm³/mol. The second-order valence-electron chi connectivity index (χ2n) is 15.8. The summed E-state index contributed by atoms with van der Waals surface area (Å²) in [6.45, 7) is 0. The van der Waals surface area contributed by atoms with Crippen molar-refractivity contribution in [2.45, 2.75) is 0 Å². The van der Waals surface area contributed by atoms with Crippen LogP contribution < -0.4 is 0 Å². The molecule has 0 unspecified atom stereocenters. The number of carbonyl (C=O) groups excluding carboxylic acids is 1. The molecule has 0 saturated heterocycles. The van der Waals surface area contributed by atoms with Crippen molar-refractivity contribution in [3.05, 3.63) is 239 Å². The van der Waals surface area contributed by atoms with E-state index in [4.69, 9.17) is 9.97 Å². The average Bonchev–Trinajstić information content (AvgIpc) is 4.20. The Balaban J connectivity index is 1.23. The van der Waals surface area contributed by atoms with Gasteiger partial charge in [-0.3, -0.25) is 4.79 Å². The smallest absolute Gasteiger partial charge is 0.193 e. The van der Waals surface area contributed by atoms with Crippen molar-refractivity contribution in [1.82, 2.24) is 19.9 Å². The van der Waals surface area contributed by atoms with Crippen LogP contribution in [0.25, 0.3) is 103 Å². The third kappa shape index (κ3) is 7.31. The molecule has 0 aliphatic carbocycles. The van der Waals surface area contributed by atoms with Crippen LogP contribution in [0.4, 0.5) is 0 Å². The molecule has 0 fully saturated rings. The molecule has 5 heteroatoms. The Morgan fingerprint density at radius 1 is 0.375 bits per heavy atom. The lowest BCUT2D eigenvalue weighted by Crippen LogP contribution is -2.00. The molecule has 9 aromatic rings. The Bertz CT molecular complexity index is 3460. The molecule has 5 heterocycles. The van der Waals surface area contributed by atoms with Gasteiger partial charge in [-0.15, -0.1) is 0 Å². The number of hydrogen-bond acceptors (Lipinski definition) is 3. The molecule has 302 valence electrons. The average molecular weight is 821 g/mol. The Morgan fingerprint density at radius 3 is 1.23 bits per heavy atom. The van der Waals surface area contributed by atoms with Gasteiger partial charge in [-0.25, -0.2) is 9.97 Å². The van der Waals surface area contributed by atoms with Gasteiger partial charge in [-0.1, -0.05) is 188 Å². The van der Waals surface area contributed by atoms with Crippen LogP contribution in [-0.4, -0.2) is 25.7 Å². The predicted octanol–water partition coefficient (Wildman–Crippen LogP) is 14.7. The highest BCUT2D eigenvalue weighted by Crippen LogP contribution is 2.39. The monoisotopic (exact) mass is 820 g/mol. The Hall–Kier alpha value is -8.67. The molecule has 0 saturated carbocycles. The number of hydrogen-bond donors (Lipinski definition) is 2. The van der Waals surface area contributed by atoms with E-state index < -0.39 is 0 Å². The Kier molecular flexibility index (Phi) is 9.96. The van der Waals surface area contributed by atoms with Crippen LogP contribution >= 0.6 is 0 Å². The maximum atomic E-state index is 13.3. The summed E-state index contributed by atoms with van der Waals surface area (Å²) in [7, 11) is 0. The van der Waals surface area contributed by atoms with E-state index in [-0.39, 0.29) is 5.78 Å². The molecule has 0 atom stereocenters. The van der Waals surface area contributed by atoms with Gasteiger partial charge < -0.3 is 9.97 Å². The van der Waals surface area contributed by atoms with Crippen molar-refractivity contribution in [2.24, 2.45) is 0 Å². The minimum atomic E-state index is -0.00114. The van der Waals surface area contributed by atoms with E-state index in [2.05, 4.69) is 162 Å². The van der Waals surface area contributed by atoms with Crippen LogP contribution in [0.1, 0.15) is 49.8 Å². The fourth-order valence-corrected chi connectivity index (χ4v) is 8.76. The number of ketones is 1. The second kappa shape index (κ2) is 16.7. The summed E-state index contributed by atoms with van der Waals surface area (Å²) in [6, 6.07) is 65.6. The maximum Gasteiger partial charge on any atom is 0.193 e. The van der Waals surface area contributed by atoms with Gasteiger partial charge in [-0.2, -0.15) is 0 Å². The van der Waals surface area contributed by atoms with Crippen molar-refractivity contribution in [2.75, 3.05) is 0 Å². The fourth-order valence-electron chi connectivity index (χ4n) is 8.76. The molecular weight excluding hydrogens is 781 g/mol. The number of aromatic amines is 2. The quantitative estimate of drug-likeness (QED) is 0.150. The lowest BCUT2D eigenvalue weighted by Gasteiger charge is -2.07. The Morgan fingerprint density at radius 2 is 0.766 bits per heavy atom. The summed E-state index contributed by atoms with van der Waals surface area (Å²) in [5.41, 5.74) is 18.6. The lowest BCUT2D eigenvalue weighted by atomic mass is 10.0. The summed E-state index contributed by atoms with van der Waals surface area (Å²) >= 11 is 0. The molecule has 2 aliphatic heterocycles. The van der Waals surface area contributed by atoms with Crippen molar-refractivity contribution < 1.29 is 4.79 Å². The molecule has 0 amide bonds. The molecule has 5 nitrogen and oxygen atoms in total. The van der Waals surface area contributed by atoms with E-state index >= 15 is 0 Å². The zero-order valence-corrected chi connectivity index (χ0v) is 34.7. The highest BCUT2D eigenvalue weighted by molar-refractivity contribution is 6.09. The first-order valence-corrected chi connectivity index (χ1v) is 21.4. The molecule has 64 heavy (non-hydrogen) atoms. The van der Waals surface area contributed by atoms with Gasteiger partial charge in [0.15, 0.2) is 5.78 Å². The third-order valence-corrected chi connectivity index (χ3v) is 11.8. The standard InChI is InChI=1S/C59H40N4O/c64-59(44-24-14-5-15-25-44)45-29-26-39(27-30-45)28-31-46-38-53-56(42-20-10-3-11-21-42)51-35-34-49(61-51)54(40-16-6-1-7-17-40)47-32-33-48(60-47)55(41-18-8-2-9-19-41)50-36-37-52(62-50)57(58(46)63-53)43-22-12-4-13-23-43/h1-38,60,63H/b31-28+,54-47?,54-49?,55-48?,55-50?,56-51?,56-53?,57-52?,58-57?. The Labute approximate surface area is 371 Å². The van der Waals surface area contributed by atoms with Gasteiger partial charge in [0, 0.05) is 55.5 Å². The normalized spacial score (nSPS) is 11.9. The summed E-state index contributed by atoms with van der Waals surface area (Å²) in [6.07, 6.45) is 12.8. The van der Waals surface area contributed by atoms with Gasteiger partial charge in [-0.05, 0) is 70.3 Å². The van der Waals surface area contributed by atoms with Crippen LogP contribution in [0.3, 0.4) is 0 Å². The van der Waals surface area contributed by atoms with Crippen molar-refractivity contribution in [1.29, 1.82) is 0 Å². The van der Waals surface area contributed by atoms with E-state index in [9.17, 15) is 4.79 Å². The number of nitrogens with zero attached hydrogens (tertiary/aromatic N) is 2. The fraction of sp³-hybridized carbons (Fsp3) is 0. The minimum absolute atomic E-state index is 0.00114. The van der Waals surface area contributed by atoms with Crippen molar-refractivity contribution >= 4 is 64.3 Å². The van der Waals surface area contributed by atoms with Crippen LogP contribution in [0.5, 0.6) is 0 Å². The SMILES string of the molecule is O=C(c1ccccc1)c1ccc(/C=C/c2cc3[nH]c2c(-c2ccccc2)c2nc(c(-c4ccccc4)c4ccc([nH]4)c(-c4ccccc4)c4nc(c3-c3ccccc3)C=C4)C=C2)cc1.